The molecule has 0 aliphatic carbocycles. The fourth-order valence-electron chi connectivity index (χ4n) is 3.36. The topological polar surface area (TPSA) is 74.1 Å². The van der Waals surface area contributed by atoms with Crippen molar-refractivity contribution in [3.63, 3.8) is 0 Å². The van der Waals surface area contributed by atoms with Crippen LogP contribution in [0.15, 0.2) is 58.2 Å². The molecule has 2 heterocycles. The van der Waals surface area contributed by atoms with E-state index in [1.165, 1.54) is 4.68 Å². The zero-order chi connectivity index (χ0) is 22.0. The van der Waals surface area contributed by atoms with Gasteiger partial charge in [0.05, 0.1) is 10.9 Å². The van der Waals surface area contributed by atoms with E-state index in [1.54, 1.807) is 36.0 Å². The van der Waals surface area contributed by atoms with Crippen LogP contribution in [0, 0.1) is 0 Å². The predicted octanol–water partition coefficient (Wildman–Crippen LogP) is 5.09. The zero-order valence-electron chi connectivity index (χ0n) is 17.1. The summed E-state index contributed by atoms with van der Waals surface area (Å²) in [6.07, 6.45) is 2.72. The highest BCUT2D eigenvalue weighted by atomic mass is 35.5. The van der Waals surface area contributed by atoms with Crippen molar-refractivity contribution in [2.75, 3.05) is 6.26 Å². The molecule has 0 unspecified atom stereocenters. The Hall–Kier alpha value is -2.90. The molecule has 0 aliphatic heterocycles. The molecule has 0 N–H and O–H groups in total. The van der Waals surface area contributed by atoms with Crippen molar-refractivity contribution in [3.8, 4) is 0 Å². The van der Waals surface area contributed by atoms with Crippen LogP contribution in [0.1, 0.15) is 29.4 Å². The first kappa shape index (κ1) is 21.3. The van der Waals surface area contributed by atoms with Gasteiger partial charge in [0.25, 0.3) is 5.56 Å². The molecule has 2 aromatic heterocycles. The minimum Gasteiger partial charge on any atom is -0.456 e. The summed E-state index contributed by atoms with van der Waals surface area (Å²) in [6, 6.07) is 14.7. The van der Waals surface area contributed by atoms with Gasteiger partial charge >= 0.3 is 5.97 Å². The van der Waals surface area contributed by atoms with E-state index in [-0.39, 0.29) is 23.0 Å². The number of halogens is 1. The molecule has 0 bridgehead atoms. The first-order chi connectivity index (χ1) is 15.0. The summed E-state index contributed by atoms with van der Waals surface area (Å²) in [5, 5.41) is 6.38. The van der Waals surface area contributed by atoms with Gasteiger partial charge in [-0.15, -0.1) is 11.8 Å². The van der Waals surface area contributed by atoms with Gasteiger partial charge in [-0.1, -0.05) is 42.8 Å². The number of nitrogens with zero attached hydrogens (tertiary/aromatic N) is 3. The Morgan fingerprint density at radius 3 is 2.68 bits per heavy atom. The van der Waals surface area contributed by atoms with Gasteiger partial charge in [-0.2, -0.15) is 5.10 Å². The molecular formula is C23H20ClN3O3S. The van der Waals surface area contributed by atoms with Crippen LogP contribution in [0.5, 0.6) is 0 Å². The van der Waals surface area contributed by atoms with Crippen molar-refractivity contribution in [3.05, 3.63) is 75.3 Å². The second kappa shape index (κ2) is 9.08. The number of aromatic nitrogens is 3. The zero-order valence-corrected chi connectivity index (χ0v) is 18.7. The molecule has 8 heteroatoms. The number of esters is 1. The highest BCUT2D eigenvalue weighted by Crippen LogP contribution is 2.25. The number of benzene rings is 2. The molecule has 4 rings (SSSR count). The maximum absolute atomic E-state index is 12.9. The largest absolute Gasteiger partial charge is 0.456 e. The monoisotopic (exact) mass is 453 g/mol. The fraction of sp³-hybridized carbons (Fsp3) is 0.217. The van der Waals surface area contributed by atoms with E-state index in [4.69, 9.17) is 16.3 Å². The lowest BCUT2D eigenvalue weighted by atomic mass is 10.1. The third-order valence-electron chi connectivity index (χ3n) is 4.91. The van der Waals surface area contributed by atoms with Crippen LogP contribution in [-0.4, -0.2) is 27.0 Å². The third kappa shape index (κ3) is 4.29. The molecule has 6 nitrogen and oxygen atoms in total. The lowest BCUT2D eigenvalue weighted by Gasteiger charge is -2.11. The average molecular weight is 454 g/mol. The number of hydrogen-bond donors (Lipinski definition) is 0. The first-order valence-corrected chi connectivity index (χ1v) is 11.4. The van der Waals surface area contributed by atoms with E-state index in [1.807, 2.05) is 37.4 Å². The third-order valence-corrected chi connectivity index (χ3v) is 5.96. The summed E-state index contributed by atoms with van der Waals surface area (Å²) >= 11 is 7.97. The van der Waals surface area contributed by atoms with Crippen molar-refractivity contribution in [1.29, 1.82) is 0 Å². The Balaban J connectivity index is 1.65. The SMILES string of the molecule is CCCn1nc(C(=O)OCc2cc3ccc(SC)cc3nc2Cl)c2ccccc2c1=O. The van der Waals surface area contributed by atoms with Gasteiger partial charge in [0.2, 0.25) is 0 Å². The van der Waals surface area contributed by atoms with Crippen molar-refractivity contribution < 1.29 is 9.53 Å². The number of thioether (sulfide) groups is 1. The quantitative estimate of drug-likeness (QED) is 0.230. The smallest absolute Gasteiger partial charge is 0.359 e. The second-order valence-corrected chi connectivity index (χ2v) is 8.23. The normalized spacial score (nSPS) is 11.2. The standard InChI is InChI=1S/C23H20ClN3O3S/c1-3-10-27-22(28)18-7-5-4-6-17(18)20(26-27)23(29)30-13-15-11-14-8-9-16(31-2)12-19(14)25-21(15)24/h4-9,11-12H,3,10,13H2,1-2H3. The molecule has 0 spiro atoms. The van der Waals surface area contributed by atoms with E-state index in [0.717, 1.165) is 22.2 Å². The summed E-state index contributed by atoms with van der Waals surface area (Å²) in [4.78, 5) is 31.0. The fourth-order valence-corrected chi connectivity index (χ4v) is 3.99. The summed E-state index contributed by atoms with van der Waals surface area (Å²) < 4.78 is 6.84. The van der Waals surface area contributed by atoms with Gasteiger partial charge in [-0.3, -0.25) is 4.79 Å². The number of hydrogen-bond acceptors (Lipinski definition) is 6. The number of pyridine rings is 1. The second-order valence-electron chi connectivity index (χ2n) is 7.00. The molecule has 0 atom stereocenters. The molecule has 158 valence electrons. The summed E-state index contributed by atoms with van der Waals surface area (Å²) in [6.45, 7) is 2.31. The van der Waals surface area contributed by atoms with Crippen LogP contribution in [0.2, 0.25) is 5.15 Å². The minimum atomic E-state index is -0.616. The van der Waals surface area contributed by atoms with Crippen LogP contribution in [-0.2, 0) is 17.9 Å². The summed E-state index contributed by atoms with van der Waals surface area (Å²) in [5.74, 6) is -0.616. The molecule has 0 amide bonds. The Bertz CT molecular complexity index is 1350. The highest BCUT2D eigenvalue weighted by Gasteiger charge is 2.18. The molecule has 2 aromatic carbocycles. The number of aryl methyl sites for hydroxylation is 1. The van der Waals surface area contributed by atoms with Gasteiger partial charge in [0.15, 0.2) is 5.69 Å². The number of rotatable bonds is 6. The molecule has 0 saturated carbocycles. The first-order valence-electron chi connectivity index (χ1n) is 9.82. The number of carbonyl (C=O) groups is 1. The van der Waals surface area contributed by atoms with E-state index in [9.17, 15) is 9.59 Å². The molecule has 0 radical (unpaired) electrons. The Labute approximate surface area is 188 Å². The van der Waals surface area contributed by atoms with E-state index in [2.05, 4.69) is 10.1 Å². The number of carbonyl (C=O) groups excluding carboxylic acids is 1. The van der Waals surface area contributed by atoms with E-state index >= 15 is 0 Å². The highest BCUT2D eigenvalue weighted by molar-refractivity contribution is 7.98. The van der Waals surface area contributed by atoms with Crippen molar-refractivity contribution in [2.45, 2.75) is 31.4 Å². The van der Waals surface area contributed by atoms with Crippen molar-refractivity contribution in [1.82, 2.24) is 14.8 Å². The average Bonchev–Trinajstić information content (AvgIpc) is 2.79. The molecule has 4 aromatic rings. The van der Waals surface area contributed by atoms with Gasteiger partial charge in [0.1, 0.15) is 11.8 Å². The summed E-state index contributed by atoms with van der Waals surface area (Å²) in [5.41, 5.74) is 1.27. The molecule has 31 heavy (non-hydrogen) atoms. The van der Waals surface area contributed by atoms with Gasteiger partial charge in [-0.05, 0) is 36.9 Å². The van der Waals surface area contributed by atoms with Crippen molar-refractivity contribution >= 4 is 51.0 Å². The van der Waals surface area contributed by atoms with Crippen LogP contribution >= 0.6 is 23.4 Å². The molecule has 0 fully saturated rings. The number of fused-ring (bicyclic) bond motifs is 2. The lowest BCUT2D eigenvalue weighted by Crippen LogP contribution is -2.26. The van der Waals surface area contributed by atoms with Crippen LogP contribution in [0.25, 0.3) is 21.7 Å². The number of ether oxygens (including phenoxy) is 1. The predicted molar refractivity (Wildman–Crippen MR) is 124 cm³/mol. The maximum Gasteiger partial charge on any atom is 0.359 e. The molecular weight excluding hydrogens is 434 g/mol. The summed E-state index contributed by atoms with van der Waals surface area (Å²) in [7, 11) is 0. The lowest BCUT2D eigenvalue weighted by molar-refractivity contribution is 0.0465. The van der Waals surface area contributed by atoms with Gasteiger partial charge in [-0.25, -0.2) is 14.5 Å². The maximum atomic E-state index is 12.9. The van der Waals surface area contributed by atoms with Gasteiger partial charge < -0.3 is 4.74 Å². The minimum absolute atomic E-state index is 0.0478. The molecule has 0 aliphatic rings. The Morgan fingerprint density at radius 2 is 1.94 bits per heavy atom. The Kier molecular flexibility index (Phi) is 6.25. The van der Waals surface area contributed by atoms with Crippen LogP contribution in [0.4, 0.5) is 0 Å². The van der Waals surface area contributed by atoms with E-state index in [0.29, 0.717) is 22.9 Å². The van der Waals surface area contributed by atoms with Crippen molar-refractivity contribution in [2.24, 2.45) is 0 Å². The van der Waals surface area contributed by atoms with Crippen LogP contribution < -0.4 is 5.56 Å². The van der Waals surface area contributed by atoms with E-state index < -0.39 is 5.97 Å². The van der Waals surface area contributed by atoms with Gasteiger partial charge in [0, 0.05) is 27.8 Å². The van der Waals surface area contributed by atoms with Crippen LogP contribution in [0.3, 0.4) is 0 Å². The molecule has 0 saturated heterocycles. The Morgan fingerprint density at radius 1 is 1.16 bits per heavy atom.